The summed E-state index contributed by atoms with van der Waals surface area (Å²) in [7, 11) is 3.90. The Kier molecular flexibility index (Phi) is 3.91. The molecule has 0 spiro atoms. The minimum atomic E-state index is -0.189. The summed E-state index contributed by atoms with van der Waals surface area (Å²) in [5, 5.41) is 2.97. The Balaban J connectivity index is 2.17. The molecule has 0 aromatic carbocycles. The molecule has 2 heterocycles. The van der Waals surface area contributed by atoms with E-state index in [-0.39, 0.29) is 5.82 Å². The normalized spacial score (nSPS) is 17.5. The van der Waals surface area contributed by atoms with Crippen LogP contribution in [0.15, 0.2) is 12.3 Å². The summed E-state index contributed by atoms with van der Waals surface area (Å²) in [6, 6.07) is 1.73. The molecule has 1 fully saturated rings. The van der Waals surface area contributed by atoms with E-state index in [1.54, 1.807) is 12.3 Å². The monoisotopic (exact) mass is 238 g/mol. The minimum Gasteiger partial charge on any atom is -0.352 e. The molecule has 0 bridgehead atoms. The largest absolute Gasteiger partial charge is 0.352 e. The first-order valence-electron chi connectivity index (χ1n) is 5.94. The zero-order valence-electron chi connectivity index (χ0n) is 10.4. The fourth-order valence-electron chi connectivity index (χ4n) is 2.04. The summed E-state index contributed by atoms with van der Waals surface area (Å²) in [5.41, 5.74) is 0.677. The molecule has 1 saturated heterocycles. The number of piperazine rings is 1. The van der Waals surface area contributed by atoms with Crippen molar-refractivity contribution in [2.24, 2.45) is 0 Å². The van der Waals surface area contributed by atoms with Gasteiger partial charge in [-0.3, -0.25) is 0 Å². The minimum absolute atomic E-state index is 0.189. The number of pyridine rings is 1. The molecular formula is C12H19FN4. The van der Waals surface area contributed by atoms with Gasteiger partial charge < -0.3 is 15.1 Å². The van der Waals surface area contributed by atoms with E-state index in [0.29, 0.717) is 17.9 Å². The molecule has 1 aliphatic heterocycles. The summed E-state index contributed by atoms with van der Waals surface area (Å²) in [5.74, 6) is 0.303. The second-order valence-electron chi connectivity index (χ2n) is 4.43. The van der Waals surface area contributed by atoms with E-state index in [4.69, 9.17) is 0 Å². The summed E-state index contributed by atoms with van der Waals surface area (Å²) in [6.45, 7) is 4.12. The molecule has 0 radical (unpaired) electrons. The van der Waals surface area contributed by atoms with Crippen LogP contribution in [0.4, 0.5) is 10.2 Å². The van der Waals surface area contributed by atoms with Gasteiger partial charge in [-0.25, -0.2) is 9.37 Å². The van der Waals surface area contributed by atoms with Crippen LogP contribution in [0.1, 0.15) is 5.56 Å². The molecule has 1 aromatic heterocycles. The molecule has 17 heavy (non-hydrogen) atoms. The van der Waals surface area contributed by atoms with Gasteiger partial charge in [0.15, 0.2) is 11.6 Å². The quantitative estimate of drug-likeness (QED) is 0.839. The van der Waals surface area contributed by atoms with Crippen LogP contribution < -0.4 is 10.2 Å². The van der Waals surface area contributed by atoms with Crippen LogP contribution in [0, 0.1) is 5.82 Å². The lowest BCUT2D eigenvalue weighted by Crippen LogP contribution is -2.45. The molecule has 0 amide bonds. The summed E-state index contributed by atoms with van der Waals surface area (Å²) in [6.07, 6.45) is 1.68. The second-order valence-corrected chi connectivity index (χ2v) is 4.43. The first-order chi connectivity index (χ1) is 8.22. The van der Waals surface area contributed by atoms with E-state index >= 15 is 0 Å². The van der Waals surface area contributed by atoms with Crippen molar-refractivity contribution in [2.75, 3.05) is 45.2 Å². The molecule has 2 rings (SSSR count). The Morgan fingerprint density at radius 1 is 1.35 bits per heavy atom. The number of aromatic nitrogens is 1. The standard InChI is InChI=1S/C12H19FN4/c1-14-9-10-3-4-15-12(11(10)13)17-7-5-16(2)6-8-17/h3-4,14H,5-9H2,1-2H3. The van der Waals surface area contributed by atoms with Gasteiger partial charge in [-0.05, 0) is 20.2 Å². The molecule has 5 heteroatoms. The summed E-state index contributed by atoms with van der Waals surface area (Å²) >= 11 is 0. The molecule has 1 N–H and O–H groups in total. The van der Waals surface area contributed by atoms with Gasteiger partial charge in [0.25, 0.3) is 0 Å². The van der Waals surface area contributed by atoms with Crippen molar-refractivity contribution >= 4 is 5.82 Å². The van der Waals surface area contributed by atoms with Gasteiger partial charge in [-0.1, -0.05) is 0 Å². The Bertz CT molecular complexity index is 375. The van der Waals surface area contributed by atoms with Crippen molar-refractivity contribution < 1.29 is 4.39 Å². The predicted octanol–water partition coefficient (Wildman–Crippen LogP) is 0.692. The lowest BCUT2D eigenvalue weighted by atomic mass is 10.2. The molecule has 0 unspecified atom stereocenters. The van der Waals surface area contributed by atoms with Crippen LogP contribution in [0.5, 0.6) is 0 Å². The van der Waals surface area contributed by atoms with Gasteiger partial charge in [0.05, 0.1) is 0 Å². The molecule has 1 aliphatic rings. The summed E-state index contributed by atoms with van der Waals surface area (Å²) in [4.78, 5) is 8.44. The molecule has 94 valence electrons. The third kappa shape index (κ3) is 2.73. The van der Waals surface area contributed by atoms with Gasteiger partial charge in [0, 0.05) is 44.5 Å². The number of halogens is 1. The number of nitrogens with zero attached hydrogens (tertiary/aromatic N) is 3. The van der Waals surface area contributed by atoms with E-state index in [0.717, 1.165) is 26.2 Å². The van der Waals surface area contributed by atoms with E-state index in [9.17, 15) is 4.39 Å². The van der Waals surface area contributed by atoms with Crippen molar-refractivity contribution in [1.29, 1.82) is 0 Å². The number of nitrogens with one attached hydrogen (secondary N) is 1. The number of likely N-dealkylation sites (N-methyl/N-ethyl adjacent to an activating group) is 1. The highest BCUT2D eigenvalue weighted by atomic mass is 19.1. The van der Waals surface area contributed by atoms with E-state index in [1.807, 2.05) is 11.9 Å². The van der Waals surface area contributed by atoms with Crippen LogP contribution in [-0.2, 0) is 6.54 Å². The van der Waals surface area contributed by atoms with Crippen LogP contribution >= 0.6 is 0 Å². The van der Waals surface area contributed by atoms with Crippen molar-refractivity contribution in [3.63, 3.8) is 0 Å². The highest BCUT2D eigenvalue weighted by Gasteiger charge is 2.19. The zero-order valence-corrected chi connectivity index (χ0v) is 10.4. The lowest BCUT2D eigenvalue weighted by Gasteiger charge is -2.33. The molecular weight excluding hydrogens is 219 g/mol. The third-order valence-corrected chi connectivity index (χ3v) is 3.12. The van der Waals surface area contributed by atoms with E-state index in [1.165, 1.54) is 0 Å². The van der Waals surface area contributed by atoms with Crippen molar-refractivity contribution in [2.45, 2.75) is 6.54 Å². The van der Waals surface area contributed by atoms with Gasteiger partial charge in [-0.15, -0.1) is 0 Å². The van der Waals surface area contributed by atoms with Crippen LogP contribution in [0.3, 0.4) is 0 Å². The number of hydrogen-bond acceptors (Lipinski definition) is 4. The smallest absolute Gasteiger partial charge is 0.170 e. The second kappa shape index (κ2) is 5.42. The average molecular weight is 238 g/mol. The van der Waals surface area contributed by atoms with Crippen LogP contribution in [-0.4, -0.2) is 50.2 Å². The van der Waals surface area contributed by atoms with Gasteiger partial charge in [0.1, 0.15) is 0 Å². The van der Waals surface area contributed by atoms with Gasteiger partial charge >= 0.3 is 0 Å². The summed E-state index contributed by atoms with van der Waals surface area (Å²) < 4.78 is 14.2. The molecule has 0 aliphatic carbocycles. The van der Waals surface area contributed by atoms with Crippen molar-refractivity contribution in [1.82, 2.24) is 15.2 Å². The zero-order chi connectivity index (χ0) is 12.3. The number of hydrogen-bond donors (Lipinski definition) is 1. The Labute approximate surface area is 101 Å². The maximum absolute atomic E-state index is 14.2. The molecule has 1 aromatic rings. The van der Waals surface area contributed by atoms with Crippen molar-refractivity contribution in [3.05, 3.63) is 23.6 Å². The Morgan fingerprint density at radius 3 is 2.71 bits per heavy atom. The predicted molar refractivity (Wildman–Crippen MR) is 66.7 cm³/mol. The lowest BCUT2D eigenvalue weighted by molar-refractivity contribution is 0.310. The maximum atomic E-state index is 14.2. The Hall–Kier alpha value is -1.20. The Morgan fingerprint density at radius 2 is 2.06 bits per heavy atom. The van der Waals surface area contributed by atoms with E-state index in [2.05, 4.69) is 22.2 Å². The van der Waals surface area contributed by atoms with Crippen molar-refractivity contribution in [3.8, 4) is 0 Å². The first kappa shape index (κ1) is 12.3. The SMILES string of the molecule is CNCc1ccnc(N2CCN(C)CC2)c1F. The number of anilines is 1. The fourth-order valence-corrected chi connectivity index (χ4v) is 2.04. The molecule has 0 atom stereocenters. The van der Waals surface area contributed by atoms with Gasteiger partial charge in [0.2, 0.25) is 0 Å². The fraction of sp³-hybridized carbons (Fsp3) is 0.583. The molecule has 4 nitrogen and oxygen atoms in total. The van der Waals surface area contributed by atoms with Crippen LogP contribution in [0.25, 0.3) is 0 Å². The highest BCUT2D eigenvalue weighted by Crippen LogP contribution is 2.20. The third-order valence-electron chi connectivity index (χ3n) is 3.12. The number of rotatable bonds is 3. The molecule has 0 saturated carbocycles. The van der Waals surface area contributed by atoms with Gasteiger partial charge in [-0.2, -0.15) is 0 Å². The topological polar surface area (TPSA) is 31.4 Å². The average Bonchev–Trinajstić information content (AvgIpc) is 2.34. The highest BCUT2D eigenvalue weighted by molar-refractivity contribution is 5.43. The maximum Gasteiger partial charge on any atom is 0.170 e. The van der Waals surface area contributed by atoms with Crippen LogP contribution in [0.2, 0.25) is 0 Å². The first-order valence-corrected chi connectivity index (χ1v) is 5.94. The van der Waals surface area contributed by atoms with E-state index < -0.39 is 0 Å².